The molecule has 0 aromatic carbocycles. The van der Waals surface area contributed by atoms with Gasteiger partial charge in [0.2, 0.25) is 0 Å². The third-order valence-electron chi connectivity index (χ3n) is 8.32. The third kappa shape index (κ3) is 28.8. The van der Waals surface area contributed by atoms with Crippen LogP contribution in [0.3, 0.4) is 0 Å². The van der Waals surface area contributed by atoms with E-state index < -0.39 is 0 Å². The summed E-state index contributed by atoms with van der Waals surface area (Å²) in [5.74, 6) is 0. The van der Waals surface area contributed by atoms with E-state index in [1.54, 1.807) is 0 Å². The van der Waals surface area contributed by atoms with Crippen molar-refractivity contribution < 1.29 is 4.74 Å². The van der Waals surface area contributed by atoms with Gasteiger partial charge in [0.15, 0.2) is 0 Å². The van der Waals surface area contributed by atoms with E-state index in [1.807, 2.05) is 0 Å². The van der Waals surface area contributed by atoms with Crippen LogP contribution < -0.4 is 0 Å². The van der Waals surface area contributed by atoms with E-state index in [-0.39, 0.29) is 11.2 Å². The van der Waals surface area contributed by atoms with E-state index in [0.717, 1.165) is 0 Å². The summed E-state index contributed by atoms with van der Waals surface area (Å²) in [5.41, 5.74) is 0.0234. The lowest BCUT2D eigenvalue weighted by Crippen LogP contribution is -2.37. The molecule has 0 aromatic heterocycles. The summed E-state index contributed by atoms with van der Waals surface area (Å²) in [5, 5.41) is 0. The molecular weight excluding hydrogens is 448 g/mol. The fraction of sp³-hybridized carbons (Fsp3) is 1.00. The van der Waals surface area contributed by atoms with Crippen molar-refractivity contribution in [3.8, 4) is 0 Å². The Morgan fingerprint density at radius 1 is 0.297 bits per heavy atom. The number of unbranched alkanes of at least 4 members (excludes halogenated alkanes) is 24. The SMILES string of the molecule is CCCCCCCCCCCCCCCC(C)(C)OC(C)(C)CCCCCCCCCCCCCCC. The van der Waals surface area contributed by atoms with Gasteiger partial charge in [-0.25, -0.2) is 0 Å². The second-order valence-electron chi connectivity index (χ2n) is 13.6. The molecule has 224 valence electrons. The van der Waals surface area contributed by atoms with Gasteiger partial charge in [-0.15, -0.1) is 0 Å². The normalized spacial score (nSPS) is 12.5. The number of hydrogen-bond acceptors (Lipinski definition) is 1. The van der Waals surface area contributed by atoms with Gasteiger partial charge in [0, 0.05) is 0 Å². The lowest BCUT2D eigenvalue weighted by Gasteiger charge is -2.36. The molecule has 0 amide bonds. The minimum absolute atomic E-state index is 0.0117. The van der Waals surface area contributed by atoms with Gasteiger partial charge in [0.25, 0.3) is 0 Å². The molecule has 0 spiro atoms. The maximum absolute atomic E-state index is 6.64. The van der Waals surface area contributed by atoms with Crippen molar-refractivity contribution in [2.24, 2.45) is 0 Å². The molecule has 0 saturated carbocycles. The molecule has 1 heteroatoms. The maximum Gasteiger partial charge on any atom is 0.0633 e. The van der Waals surface area contributed by atoms with Gasteiger partial charge < -0.3 is 4.74 Å². The molecule has 37 heavy (non-hydrogen) atoms. The van der Waals surface area contributed by atoms with Crippen LogP contribution in [0, 0.1) is 0 Å². The maximum atomic E-state index is 6.64. The van der Waals surface area contributed by atoms with Crippen LogP contribution in [0.15, 0.2) is 0 Å². The highest BCUT2D eigenvalue weighted by atomic mass is 16.5. The first-order chi connectivity index (χ1) is 17.8. The molecule has 0 aromatic rings. The van der Waals surface area contributed by atoms with Crippen molar-refractivity contribution >= 4 is 0 Å². The van der Waals surface area contributed by atoms with Crippen molar-refractivity contribution in [1.82, 2.24) is 0 Å². The van der Waals surface area contributed by atoms with Crippen molar-refractivity contribution in [3.05, 3.63) is 0 Å². The van der Waals surface area contributed by atoms with Gasteiger partial charge in [-0.2, -0.15) is 0 Å². The molecule has 0 atom stereocenters. The van der Waals surface area contributed by atoms with Gasteiger partial charge in [-0.1, -0.05) is 181 Å². The smallest absolute Gasteiger partial charge is 0.0633 e. The first kappa shape index (κ1) is 37.0. The zero-order chi connectivity index (χ0) is 27.5. The van der Waals surface area contributed by atoms with E-state index in [1.165, 1.54) is 180 Å². The minimum Gasteiger partial charge on any atom is -0.370 e. The van der Waals surface area contributed by atoms with E-state index in [4.69, 9.17) is 4.74 Å². The van der Waals surface area contributed by atoms with Crippen LogP contribution in [0.4, 0.5) is 0 Å². The lowest BCUT2D eigenvalue weighted by atomic mass is 9.94. The number of rotatable bonds is 30. The molecule has 0 radical (unpaired) electrons. The topological polar surface area (TPSA) is 9.23 Å². The van der Waals surface area contributed by atoms with E-state index >= 15 is 0 Å². The Balaban J connectivity index is 3.57. The number of ether oxygens (including phenoxy) is 1. The minimum atomic E-state index is 0.0117. The quantitative estimate of drug-likeness (QED) is 0.0852. The average molecular weight is 523 g/mol. The molecule has 0 saturated heterocycles. The van der Waals surface area contributed by atoms with Crippen LogP contribution >= 0.6 is 0 Å². The summed E-state index contributed by atoms with van der Waals surface area (Å²) in [7, 11) is 0. The van der Waals surface area contributed by atoms with E-state index in [9.17, 15) is 0 Å². The highest BCUT2D eigenvalue weighted by Gasteiger charge is 2.28. The van der Waals surface area contributed by atoms with Crippen molar-refractivity contribution in [2.45, 2.75) is 233 Å². The van der Waals surface area contributed by atoms with Crippen molar-refractivity contribution in [3.63, 3.8) is 0 Å². The zero-order valence-electron chi connectivity index (χ0n) is 27.2. The van der Waals surface area contributed by atoms with E-state index in [2.05, 4.69) is 41.5 Å². The molecule has 0 fully saturated rings. The Bertz CT molecular complexity index is 398. The monoisotopic (exact) mass is 523 g/mol. The Hall–Kier alpha value is -0.0400. The fourth-order valence-corrected chi connectivity index (χ4v) is 5.99. The highest BCUT2D eigenvalue weighted by molar-refractivity contribution is 4.77. The summed E-state index contributed by atoms with van der Waals surface area (Å²) in [4.78, 5) is 0. The standard InChI is InChI=1S/C36H74O/c1-7-9-11-13-15-17-19-21-23-25-27-29-31-33-35(3,4)37-36(5,6)34-32-30-28-26-24-22-20-18-16-14-12-10-8-2/h7-34H2,1-6H3. The molecular formula is C36H74O. The predicted molar refractivity (Wildman–Crippen MR) is 170 cm³/mol. The van der Waals surface area contributed by atoms with Crippen LogP contribution in [0.25, 0.3) is 0 Å². The van der Waals surface area contributed by atoms with Crippen LogP contribution in [0.1, 0.15) is 221 Å². The second-order valence-corrected chi connectivity index (χ2v) is 13.6. The zero-order valence-corrected chi connectivity index (χ0v) is 27.2. The lowest BCUT2D eigenvalue weighted by molar-refractivity contribution is -0.130. The average Bonchev–Trinajstić information content (AvgIpc) is 2.84. The summed E-state index contributed by atoms with van der Waals surface area (Å²) >= 11 is 0. The predicted octanol–water partition coefficient (Wildman–Crippen LogP) is 13.5. The van der Waals surface area contributed by atoms with Crippen LogP contribution in [0.2, 0.25) is 0 Å². The van der Waals surface area contributed by atoms with E-state index in [0.29, 0.717) is 0 Å². The molecule has 0 rings (SSSR count). The molecule has 0 bridgehead atoms. The largest absolute Gasteiger partial charge is 0.370 e. The summed E-state index contributed by atoms with van der Waals surface area (Å²) < 4.78 is 6.64. The van der Waals surface area contributed by atoms with Gasteiger partial charge in [0.1, 0.15) is 0 Å². The van der Waals surface area contributed by atoms with Crippen LogP contribution in [-0.2, 0) is 4.74 Å². The van der Waals surface area contributed by atoms with Crippen molar-refractivity contribution in [1.29, 1.82) is 0 Å². The summed E-state index contributed by atoms with van der Waals surface area (Å²) in [6, 6.07) is 0. The fourth-order valence-electron chi connectivity index (χ4n) is 5.99. The van der Waals surface area contributed by atoms with Gasteiger partial charge in [0.05, 0.1) is 11.2 Å². The first-order valence-electron chi connectivity index (χ1n) is 17.5. The molecule has 1 nitrogen and oxygen atoms in total. The second kappa shape index (κ2) is 26.2. The number of hydrogen-bond donors (Lipinski definition) is 0. The van der Waals surface area contributed by atoms with Crippen LogP contribution in [0.5, 0.6) is 0 Å². The van der Waals surface area contributed by atoms with Crippen LogP contribution in [-0.4, -0.2) is 11.2 Å². The molecule has 0 aliphatic rings. The molecule has 0 unspecified atom stereocenters. The third-order valence-corrected chi connectivity index (χ3v) is 8.32. The highest BCUT2D eigenvalue weighted by Crippen LogP contribution is 2.29. The molecule has 0 N–H and O–H groups in total. The molecule has 0 heterocycles. The Kier molecular flexibility index (Phi) is 26.2. The Labute approximate surface area is 237 Å². The van der Waals surface area contributed by atoms with Gasteiger partial charge in [-0.05, 0) is 40.5 Å². The molecule has 0 aliphatic carbocycles. The Morgan fingerprint density at radius 3 is 0.703 bits per heavy atom. The first-order valence-corrected chi connectivity index (χ1v) is 17.5. The Morgan fingerprint density at radius 2 is 0.486 bits per heavy atom. The van der Waals surface area contributed by atoms with Gasteiger partial charge >= 0.3 is 0 Å². The van der Waals surface area contributed by atoms with Crippen molar-refractivity contribution in [2.75, 3.05) is 0 Å². The summed E-state index contributed by atoms with van der Waals surface area (Å²) in [6.45, 7) is 13.9. The molecule has 0 aliphatic heterocycles. The summed E-state index contributed by atoms with van der Waals surface area (Å²) in [6.07, 6.45) is 39.5. The van der Waals surface area contributed by atoms with Gasteiger partial charge in [-0.3, -0.25) is 0 Å².